The van der Waals surface area contributed by atoms with E-state index in [4.69, 9.17) is 0 Å². The summed E-state index contributed by atoms with van der Waals surface area (Å²) in [6.45, 7) is 4.67. The Kier molecular flexibility index (Phi) is 2.14. The molecule has 1 aliphatic heterocycles. The van der Waals surface area contributed by atoms with Gasteiger partial charge in [0.25, 0.3) is 0 Å². The number of carboxylic acid groups (broad SMARTS) is 1. The maximum absolute atomic E-state index is 11.4. The topological polar surface area (TPSA) is 69.6 Å². The van der Waals surface area contributed by atoms with Crippen molar-refractivity contribution in [1.29, 1.82) is 0 Å². The minimum absolute atomic E-state index is 0.481. The van der Waals surface area contributed by atoms with E-state index in [1.54, 1.807) is 6.92 Å². The summed E-state index contributed by atoms with van der Waals surface area (Å²) in [6.07, 6.45) is 2.42. The molecule has 2 fully saturated rings. The van der Waals surface area contributed by atoms with Crippen LogP contribution in [0.1, 0.15) is 33.1 Å². The van der Waals surface area contributed by atoms with Gasteiger partial charge in [0.1, 0.15) is 5.41 Å². The number of nitrogens with one attached hydrogen (secondary N) is 1. The Balaban J connectivity index is 2.39. The van der Waals surface area contributed by atoms with Crippen molar-refractivity contribution < 1.29 is 15.0 Å². The summed E-state index contributed by atoms with van der Waals surface area (Å²) in [5.41, 5.74) is -2.13. The molecule has 1 heterocycles. The first-order valence-corrected chi connectivity index (χ1v) is 5.52. The van der Waals surface area contributed by atoms with Crippen LogP contribution in [0, 0.1) is 10.8 Å². The number of carboxylic acids is 1. The van der Waals surface area contributed by atoms with Crippen molar-refractivity contribution in [2.45, 2.75) is 38.7 Å². The monoisotopic (exact) mass is 213 g/mol. The first-order chi connectivity index (χ1) is 6.86. The summed E-state index contributed by atoms with van der Waals surface area (Å²) in [5.74, 6) is -0.772. The van der Waals surface area contributed by atoms with Crippen molar-refractivity contribution in [1.82, 2.24) is 5.32 Å². The van der Waals surface area contributed by atoms with Gasteiger partial charge in [0.2, 0.25) is 0 Å². The third kappa shape index (κ3) is 1.12. The number of hydrogen-bond donors (Lipinski definition) is 3. The van der Waals surface area contributed by atoms with Gasteiger partial charge >= 0.3 is 5.97 Å². The van der Waals surface area contributed by atoms with Gasteiger partial charge in [-0.15, -0.1) is 0 Å². The molecule has 2 atom stereocenters. The quantitative estimate of drug-likeness (QED) is 0.628. The van der Waals surface area contributed by atoms with E-state index in [-0.39, 0.29) is 0 Å². The van der Waals surface area contributed by atoms with E-state index in [0.29, 0.717) is 19.5 Å². The molecule has 0 amide bonds. The summed E-state index contributed by atoms with van der Waals surface area (Å²) < 4.78 is 0. The van der Waals surface area contributed by atoms with Crippen molar-refractivity contribution >= 4 is 5.97 Å². The van der Waals surface area contributed by atoms with E-state index in [9.17, 15) is 15.0 Å². The Labute approximate surface area is 89.7 Å². The standard InChI is InChI=1S/C11H19NO3/c1-9(4-3-5-10(9,2)15)11(8(13)14)6-12-7-11/h12,15H,3-7H2,1-2H3,(H,13,14). The van der Waals surface area contributed by atoms with E-state index in [1.165, 1.54) is 0 Å². The first-order valence-electron chi connectivity index (χ1n) is 5.52. The molecule has 4 nitrogen and oxygen atoms in total. The number of aliphatic carboxylic acids is 1. The van der Waals surface area contributed by atoms with Crippen LogP contribution in [0.25, 0.3) is 0 Å². The van der Waals surface area contributed by atoms with E-state index >= 15 is 0 Å². The zero-order chi connectivity index (χ0) is 11.3. The van der Waals surface area contributed by atoms with Crippen molar-refractivity contribution in [3.05, 3.63) is 0 Å². The van der Waals surface area contributed by atoms with E-state index < -0.39 is 22.4 Å². The van der Waals surface area contributed by atoms with Crippen LogP contribution in [0.2, 0.25) is 0 Å². The van der Waals surface area contributed by atoms with Crippen LogP contribution in [0.4, 0.5) is 0 Å². The van der Waals surface area contributed by atoms with Gasteiger partial charge in [-0.1, -0.05) is 6.92 Å². The summed E-state index contributed by atoms with van der Waals surface area (Å²) in [5, 5.41) is 22.8. The molecule has 0 aromatic heterocycles. The second-order valence-electron chi connectivity index (χ2n) is 5.45. The molecule has 0 radical (unpaired) electrons. The Morgan fingerprint density at radius 3 is 2.13 bits per heavy atom. The van der Waals surface area contributed by atoms with Gasteiger partial charge in [-0.05, 0) is 26.2 Å². The smallest absolute Gasteiger partial charge is 0.312 e. The van der Waals surface area contributed by atoms with Crippen LogP contribution in [0.15, 0.2) is 0 Å². The minimum atomic E-state index is -0.854. The maximum Gasteiger partial charge on any atom is 0.312 e. The number of aliphatic hydroxyl groups is 1. The van der Waals surface area contributed by atoms with Gasteiger partial charge in [-0.2, -0.15) is 0 Å². The van der Waals surface area contributed by atoms with Crippen molar-refractivity contribution in [2.24, 2.45) is 10.8 Å². The van der Waals surface area contributed by atoms with Crippen LogP contribution >= 0.6 is 0 Å². The minimum Gasteiger partial charge on any atom is -0.481 e. The first kappa shape index (κ1) is 10.9. The van der Waals surface area contributed by atoms with Crippen LogP contribution < -0.4 is 5.32 Å². The lowest BCUT2D eigenvalue weighted by atomic mass is 9.55. The Bertz CT molecular complexity index is 296. The molecule has 1 aliphatic carbocycles. The lowest BCUT2D eigenvalue weighted by molar-refractivity contribution is -0.183. The SMILES string of the molecule is CC1(O)CCCC1(C)C1(C(=O)O)CNC1. The second kappa shape index (κ2) is 2.95. The van der Waals surface area contributed by atoms with Gasteiger partial charge in [0.15, 0.2) is 0 Å². The normalized spacial score (nSPS) is 43.7. The average molecular weight is 213 g/mol. The Morgan fingerprint density at radius 1 is 1.27 bits per heavy atom. The van der Waals surface area contributed by atoms with Gasteiger partial charge in [0.05, 0.1) is 5.60 Å². The predicted molar refractivity (Wildman–Crippen MR) is 55.5 cm³/mol. The number of hydrogen-bond acceptors (Lipinski definition) is 3. The summed E-state index contributed by atoms with van der Waals surface area (Å²) in [6, 6.07) is 0. The molecule has 4 heteroatoms. The summed E-state index contributed by atoms with van der Waals surface area (Å²) in [4.78, 5) is 11.4. The molecule has 0 aromatic rings. The van der Waals surface area contributed by atoms with Gasteiger partial charge in [0, 0.05) is 18.5 Å². The molecule has 0 bridgehead atoms. The van der Waals surface area contributed by atoms with Crippen molar-refractivity contribution in [2.75, 3.05) is 13.1 Å². The molecule has 0 aromatic carbocycles. The predicted octanol–water partition coefficient (Wildman–Crippen LogP) is 0.602. The maximum atomic E-state index is 11.4. The fraction of sp³-hybridized carbons (Fsp3) is 0.909. The van der Waals surface area contributed by atoms with Crippen LogP contribution in [-0.2, 0) is 4.79 Å². The highest BCUT2D eigenvalue weighted by atomic mass is 16.4. The fourth-order valence-electron chi connectivity index (χ4n) is 3.24. The van der Waals surface area contributed by atoms with Gasteiger partial charge in [-0.25, -0.2) is 0 Å². The van der Waals surface area contributed by atoms with Crippen molar-refractivity contribution in [3.63, 3.8) is 0 Å². The largest absolute Gasteiger partial charge is 0.481 e. The third-order valence-electron chi connectivity index (χ3n) is 4.85. The number of rotatable bonds is 2. The molecule has 1 saturated heterocycles. The highest BCUT2D eigenvalue weighted by Crippen LogP contribution is 2.58. The molecule has 15 heavy (non-hydrogen) atoms. The molecule has 1 saturated carbocycles. The van der Waals surface area contributed by atoms with Crippen molar-refractivity contribution in [3.8, 4) is 0 Å². The zero-order valence-electron chi connectivity index (χ0n) is 9.34. The molecule has 86 valence electrons. The zero-order valence-corrected chi connectivity index (χ0v) is 9.34. The lowest BCUT2D eigenvalue weighted by Gasteiger charge is -2.55. The fourth-order valence-corrected chi connectivity index (χ4v) is 3.24. The van der Waals surface area contributed by atoms with E-state index in [1.807, 2.05) is 6.92 Å². The van der Waals surface area contributed by atoms with E-state index in [0.717, 1.165) is 12.8 Å². The second-order valence-corrected chi connectivity index (χ2v) is 5.45. The molecular formula is C11H19NO3. The van der Waals surface area contributed by atoms with Crippen LogP contribution in [0.5, 0.6) is 0 Å². The summed E-state index contributed by atoms with van der Waals surface area (Å²) in [7, 11) is 0. The number of carbonyl (C=O) groups is 1. The molecule has 2 unspecified atom stereocenters. The Morgan fingerprint density at radius 2 is 1.87 bits per heavy atom. The molecule has 2 aliphatic rings. The molecular weight excluding hydrogens is 194 g/mol. The third-order valence-corrected chi connectivity index (χ3v) is 4.85. The molecule has 2 rings (SSSR count). The Hall–Kier alpha value is -0.610. The molecule has 0 spiro atoms. The highest BCUT2D eigenvalue weighted by molar-refractivity contribution is 5.78. The lowest BCUT2D eigenvalue weighted by Crippen LogP contribution is -2.69. The van der Waals surface area contributed by atoms with E-state index in [2.05, 4.69) is 5.32 Å². The molecule has 3 N–H and O–H groups in total. The summed E-state index contributed by atoms with van der Waals surface area (Å²) >= 11 is 0. The highest BCUT2D eigenvalue weighted by Gasteiger charge is 2.66. The van der Waals surface area contributed by atoms with Crippen LogP contribution in [0.3, 0.4) is 0 Å². The van der Waals surface area contributed by atoms with Gasteiger partial charge < -0.3 is 15.5 Å². The van der Waals surface area contributed by atoms with Gasteiger partial charge in [-0.3, -0.25) is 4.79 Å². The average Bonchev–Trinajstić information content (AvgIpc) is 2.23. The van der Waals surface area contributed by atoms with Crippen LogP contribution in [-0.4, -0.2) is 34.9 Å².